The second-order valence-electron chi connectivity index (χ2n) is 5.99. The number of methoxy groups -OCH3 is 1. The molecule has 126 valence electrons. The summed E-state index contributed by atoms with van der Waals surface area (Å²) in [7, 11) is 1.66. The summed E-state index contributed by atoms with van der Waals surface area (Å²) in [5.74, 6) is 0.851. The monoisotopic (exact) mass is 327 g/mol. The quantitative estimate of drug-likeness (QED) is 0.841. The molecule has 3 rings (SSSR count). The lowest BCUT2D eigenvalue weighted by Gasteiger charge is -2.27. The van der Waals surface area contributed by atoms with Crippen LogP contribution in [0.2, 0.25) is 0 Å². The Morgan fingerprint density at radius 2 is 2.08 bits per heavy atom. The fourth-order valence-electron chi connectivity index (χ4n) is 2.79. The molecule has 1 unspecified atom stereocenters. The summed E-state index contributed by atoms with van der Waals surface area (Å²) >= 11 is 0. The van der Waals surface area contributed by atoms with Gasteiger partial charge in [-0.15, -0.1) is 0 Å². The number of aryl methyl sites for hydroxylation is 1. The third kappa shape index (κ3) is 3.54. The maximum absolute atomic E-state index is 12.6. The normalized spacial score (nSPS) is 20.2. The Morgan fingerprint density at radius 3 is 2.79 bits per heavy atom. The van der Waals surface area contributed by atoms with Gasteiger partial charge in [-0.3, -0.25) is 4.79 Å². The molecule has 1 aliphatic heterocycles. The van der Waals surface area contributed by atoms with Crippen LogP contribution in [0.4, 0.5) is 0 Å². The fraction of sp³-hybridized carbons (Fsp3) is 0.389. The van der Waals surface area contributed by atoms with Crippen LogP contribution in [0.3, 0.4) is 0 Å². The first kappa shape index (κ1) is 16.4. The van der Waals surface area contributed by atoms with Crippen molar-refractivity contribution in [3.05, 3.63) is 54.1 Å². The van der Waals surface area contributed by atoms with E-state index in [0.29, 0.717) is 26.1 Å². The van der Waals surface area contributed by atoms with Crippen LogP contribution in [0.15, 0.2) is 42.6 Å². The highest BCUT2D eigenvalue weighted by Crippen LogP contribution is 2.27. The summed E-state index contributed by atoms with van der Waals surface area (Å²) in [5, 5.41) is 0. The lowest BCUT2D eigenvalue weighted by molar-refractivity contribution is -0.0343. The molecule has 1 amide bonds. The lowest BCUT2D eigenvalue weighted by Crippen LogP contribution is -2.42. The third-order valence-electron chi connectivity index (χ3n) is 4.27. The van der Waals surface area contributed by atoms with Gasteiger partial charge in [0.15, 0.2) is 0 Å². The first-order valence-electron chi connectivity index (χ1n) is 7.94. The molecular formula is C18H21N3O3. The summed E-state index contributed by atoms with van der Waals surface area (Å²) in [6, 6.07) is 11.4. The number of likely N-dealkylation sites (tertiary alicyclic amines) is 1. The number of carbonyl (C=O) groups is 1. The first-order valence-corrected chi connectivity index (χ1v) is 7.94. The van der Waals surface area contributed by atoms with E-state index in [-0.39, 0.29) is 11.7 Å². The summed E-state index contributed by atoms with van der Waals surface area (Å²) in [6.45, 7) is 3.30. The van der Waals surface area contributed by atoms with Gasteiger partial charge in [-0.2, -0.15) is 0 Å². The zero-order valence-corrected chi connectivity index (χ0v) is 13.9. The van der Waals surface area contributed by atoms with Crippen LogP contribution in [0, 0.1) is 6.92 Å². The number of aromatic nitrogens is 2. The summed E-state index contributed by atoms with van der Waals surface area (Å²) in [4.78, 5) is 22.6. The fourth-order valence-corrected chi connectivity index (χ4v) is 2.79. The molecule has 2 heterocycles. The summed E-state index contributed by atoms with van der Waals surface area (Å²) in [6.07, 6.45) is 2.32. The minimum atomic E-state index is -0.505. The molecule has 2 aromatic rings. The van der Waals surface area contributed by atoms with Gasteiger partial charge in [0.2, 0.25) is 5.82 Å². The first-order chi connectivity index (χ1) is 11.6. The van der Waals surface area contributed by atoms with Crippen molar-refractivity contribution >= 4 is 5.91 Å². The molecule has 1 saturated heterocycles. The highest BCUT2D eigenvalue weighted by molar-refractivity contribution is 5.90. The average molecular weight is 327 g/mol. The minimum absolute atomic E-state index is 0.169. The van der Waals surface area contributed by atoms with Crippen LogP contribution in [0.1, 0.15) is 22.7 Å². The van der Waals surface area contributed by atoms with E-state index in [4.69, 9.17) is 9.47 Å². The van der Waals surface area contributed by atoms with Crippen LogP contribution >= 0.6 is 0 Å². The van der Waals surface area contributed by atoms with E-state index in [2.05, 4.69) is 9.97 Å². The van der Waals surface area contributed by atoms with Gasteiger partial charge < -0.3 is 14.4 Å². The SMILES string of the molecule is COC1(COc2ccccc2)CCN(C(=O)c2nccc(C)n2)C1. The van der Waals surface area contributed by atoms with E-state index in [1.165, 1.54) is 0 Å². The van der Waals surface area contributed by atoms with E-state index in [0.717, 1.165) is 11.4 Å². The molecule has 0 aliphatic carbocycles. The van der Waals surface area contributed by atoms with E-state index in [1.54, 1.807) is 24.3 Å². The highest BCUT2D eigenvalue weighted by atomic mass is 16.5. The van der Waals surface area contributed by atoms with Crippen molar-refractivity contribution in [1.82, 2.24) is 14.9 Å². The second kappa shape index (κ2) is 6.97. The number of hydrogen-bond donors (Lipinski definition) is 0. The number of rotatable bonds is 5. The predicted molar refractivity (Wildman–Crippen MR) is 89.0 cm³/mol. The number of nitrogens with zero attached hydrogens (tertiary/aromatic N) is 3. The Kier molecular flexibility index (Phi) is 4.76. The highest BCUT2D eigenvalue weighted by Gasteiger charge is 2.41. The van der Waals surface area contributed by atoms with Crippen molar-refractivity contribution in [2.24, 2.45) is 0 Å². The van der Waals surface area contributed by atoms with Crippen molar-refractivity contribution in [3.63, 3.8) is 0 Å². The van der Waals surface area contributed by atoms with Crippen molar-refractivity contribution in [1.29, 1.82) is 0 Å². The summed E-state index contributed by atoms with van der Waals surface area (Å²) < 4.78 is 11.5. The predicted octanol–water partition coefficient (Wildman–Crippen LogP) is 2.10. The van der Waals surface area contributed by atoms with E-state index in [9.17, 15) is 4.79 Å². The van der Waals surface area contributed by atoms with Crippen LogP contribution in [0.25, 0.3) is 0 Å². The molecule has 1 fully saturated rings. The Hall–Kier alpha value is -2.47. The number of carbonyl (C=O) groups excluding carboxylic acids is 1. The zero-order chi connectivity index (χ0) is 17.0. The van der Waals surface area contributed by atoms with Crippen molar-refractivity contribution in [2.45, 2.75) is 18.9 Å². The van der Waals surface area contributed by atoms with Gasteiger partial charge in [-0.1, -0.05) is 18.2 Å². The molecule has 6 heteroatoms. The molecule has 24 heavy (non-hydrogen) atoms. The number of amides is 1. The Labute approximate surface area is 141 Å². The molecule has 0 N–H and O–H groups in total. The van der Waals surface area contributed by atoms with Crippen LogP contribution in [0.5, 0.6) is 5.75 Å². The van der Waals surface area contributed by atoms with Crippen molar-refractivity contribution in [3.8, 4) is 5.75 Å². The minimum Gasteiger partial charge on any atom is -0.491 e. The molecule has 0 saturated carbocycles. The molecule has 0 spiro atoms. The molecular weight excluding hydrogens is 306 g/mol. The van der Waals surface area contributed by atoms with Gasteiger partial charge in [0, 0.05) is 25.5 Å². The average Bonchev–Trinajstić information content (AvgIpc) is 3.05. The molecule has 0 radical (unpaired) electrons. The van der Waals surface area contributed by atoms with Crippen molar-refractivity contribution < 1.29 is 14.3 Å². The van der Waals surface area contributed by atoms with Crippen LogP contribution in [-0.2, 0) is 4.74 Å². The lowest BCUT2D eigenvalue weighted by atomic mass is 10.0. The smallest absolute Gasteiger partial charge is 0.291 e. The zero-order valence-electron chi connectivity index (χ0n) is 13.9. The molecule has 6 nitrogen and oxygen atoms in total. The Morgan fingerprint density at radius 1 is 1.29 bits per heavy atom. The number of ether oxygens (including phenoxy) is 2. The molecule has 1 atom stereocenters. The third-order valence-corrected chi connectivity index (χ3v) is 4.27. The topological polar surface area (TPSA) is 64.6 Å². The molecule has 0 bridgehead atoms. The molecule has 1 aromatic carbocycles. The molecule has 1 aliphatic rings. The number of hydrogen-bond acceptors (Lipinski definition) is 5. The standard InChI is InChI=1S/C18H21N3O3/c1-14-8-10-19-16(20-14)17(22)21-11-9-18(12-21,23-2)13-24-15-6-4-3-5-7-15/h3-8,10H,9,11-13H2,1-2H3. The number of benzene rings is 1. The van der Waals surface area contributed by atoms with Crippen LogP contribution < -0.4 is 4.74 Å². The largest absolute Gasteiger partial charge is 0.491 e. The van der Waals surface area contributed by atoms with Gasteiger partial charge in [-0.25, -0.2) is 9.97 Å². The van der Waals surface area contributed by atoms with Gasteiger partial charge >= 0.3 is 0 Å². The van der Waals surface area contributed by atoms with Gasteiger partial charge in [0.05, 0.1) is 6.54 Å². The van der Waals surface area contributed by atoms with E-state index in [1.807, 2.05) is 37.3 Å². The van der Waals surface area contributed by atoms with Gasteiger partial charge in [0.25, 0.3) is 5.91 Å². The second-order valence-corrected chi connectivity index (χ2v) is 5.99. The maximum atomic E-state index is 12.6. The van der Waals surface area contributed by atoms with E-state index < -0.39 is 5.60 Å². The van der Waals surface area contributed by atoms with E-state index >= 15 is 0 Å². The number of para-hydroxylation sites is 1. The van der Waals surface area contributed by atoms with Gasteiger partial charge in [-0.05, 0) is 31.5 Å². The summed E-state index contributed by atoms with van der Waals surface area (Å²) in [5.41, 5.74) is 0.271. The Balaban J connectivity index is 1.66. The maximum Gasteiger partial charge on any atom is 0.291 e. The van der Waals surface area contributed by atoms with Crippen LogP contribution in [-0.4, -0.2) is 53.2 Å². The van der Waals surface area contributed by atoms with Gasteiger partial charge in [0.1, 0.15) is 18.0 Å². The van der Waals surface area contributed by atoms with Crippen molar-refractivity contribution in [2.75, 3.05) is 26.8 Å². The molecule has 1 aromatic heterocycles. The Bertz CT molecular complexity index is 708.